The van der Waals surface area contributed by atoms with E-state index in [0.29, 0.717) is 11.0 Å². The molecule has 0 saturated heterocycles. The Morgan fingerprint density at radius 3 is 2.82 bits per heavy atom. The molecule has 5 heteroatoms. The predicted octanol–water partition coefficient (Wildman–Crippen LogP) is 2.77. The van der Waals surface area contributed by atoms with Crippen molar-refractivity contribution in [2.45, 2.75) is 13.8 Å². The first kappa shape index (κ1) is 11.8. The molecule has 4 nitrogen and oxygen atoms in total. The van der Waals surface area contributed by atoms with Crippen LogP contribution in [0.5, 0.6) is 0 Å². The van der Waals surface area contributed by atoms with E-state index in [-0.39, 0.29) is 17.5 Å². The average molecular weight is 251 g/mol. The Balaban J connectivity index is 2.57. The molecule has 1 heterocycles. The lowest BCUT2D eigenvalue weighted by molar-refractivity contribution is 0.0519. The van der Waals surface area contributed by atoms with E-state index in [9.17, 15) is 4.79 Å². The SMILES string of the molecule is CCOC(=O)c1nc2cc(C)ccc2nc1Cl. The Labute approximate surface area is 104 Å². The second-order valence-electron chi connectivity index (χ2n) is 3.58. The number of benzene rings is 1. The zero-order chi connectivity index (χ0) is 12.4. The molecule has 0 fully saturated rings. The van der Waals surface area contributed by atoms with Gasteiger partial charge in [-0.25, -0.2) is 14.8 Å². The molecule has 2 rings (SSSR count). The number of halogens is 1. The van der Waals surface area contributed by atoms with Crippen LogP contribution in [0.15, 0.2) is 18.2 Å². The van der Waals surface area contributed by atoms with Crippen LogP contribution < -0.4 is 0 Å². The lowest BCUT2D eigenvalue weighted by atomic mass is 10.2. The summed E-state index contributed by atoms with van der Waals surface area (Å²) in [6.45, 7) is 3.95. The van der Waals surface area contributed by atoms with Gasteiger partial charge in [-0.05, 0) is 31.5 Å². The topological polar surface area (TPSA) is 52.1 Å². The third-order valence-electron chi connectivity index (χ3n) is 2.25. The highest BCUT2D eigenvalue weighted by Crippen LogP contribution is 2.18. The molecule has 0 spiro atoms. The van der Waals surface area contributed by atoms with Crippen LogP contribution in [0.2, 0.25) is 5.15 Å². The first-order valence-electron chi connectivity index (χ1n) is 5.23. The number of aromatic nitrogens is 2. The van der Waals surface area contributed by atoms with Crippen molar-refractivity contribution in [3.63, 3.8) is 0 Å². The van der Waals surface area contributed by atoms with Gasteiger partial charge in [0.2, 0.25) is 0 Å². The van der Waals surface area contributed by atoms with Crippen molar-refractivity contribution in [2.75, 3.05) is 6.61 Å². The molecule has 0 radical (unpaired) electrons. The van der Waals surface area contributed by atoms with Crippen LogP contribution in [-0.4, -0.2) is 22.5 Å². The highest BCUT2D eigenvalue weighted by molar-refractivity contribution is 6.32. The zero-order valence-electron chi connectivity index (χ0n) is 9.53. The number of nitrogens with zero attached hydrogens (tertiary/aromatic N) is 2. The summed E-state index contributed by atoms with van der Waals surface area (Å²) in [5.41, 5.74) is 2.40. The monoisotopic (exact) mass is 250 g/mol. The van der Waals surface area contributed by atoms with Gasteiger partial charge < -0.3 is 4.74 Å². The summed E-state index contributed by atoms with van der Waals surface area (Å²) < 4.78 is 4.86. The fourth-order valence-electron chi connectivity index (χ4n) is 1.47. The highest BCUT2D eigenvalue weighted by atomic mass is 35.5. The van der Waals surface area contributed by atoms with E-state index < -0.39 is 5.97 Å². The largest absolute Gasteiger partial charge is 0.461 e. The fourth-order valence-corrected chi connectivity index (χ4v) is 1.68. The normalized spacial score (nSPS) is 10.5. The van der Waals surface area contributed by atoms with E-state index in [4.69, 9.17) is 16.3 Å². The van der Waals surface area contributed by atoms with Crippen molar-refractivity contribution >= 4 is 28.6 Å². The smallest absolute Gasteiger partial charge is 0.360 e. The van der Waals surface area contributed by atoms with Gasteiger partial charge in [0.1, 0.15) is 0 Å². The van der Waals surface area contributed by atoms with Crippen LogP contribution in [0.4, 0.5) is 0 Å². The molecule has 88 valence electrons. The standard InChI is InChI=1S/C12H11ClN2O2/c1-3-17-12(16)10-11(13)15-8-5-4-7(2)6-9(8)14-10/h4-6H,3H2,1-2H3. The molecule has 0 aliphatic heterocycles. The molecule has 1 aromatic heterocycles. The van der Waals surface area contributed by atoms with E-state index >= 15 is 0 Å². The highest BCUT2D eigenvalue weighted by Gasteiger charge is 2.15. The minimum atomic E-state index is -0.548. The summed E-state index contributed by atoms with van der Waals surface area (Å²) in [6, 6.07) is 5.58. The van der Waals surface area contributed by atoms with Crippen molar-refractivity contribution in [3.8, 4) is 0 Å². The van der Waals surface area contributed by atoms with E-state index in [1.165, 1.54) is 0 Å². The van der Waals surface area contributed by atoms with Crippen LogP contribution in [0.1, 0.15) is 23.0 Å². The summed E-state index contributed by atoms with van der Waals surface area (Å²) in [6.07, 6.45) is 0. The maximum absolute atomic E-state index is 11.6. The van der Waals surface area contributed by atoms with Crippen molar-refractivity contribution < 1.29 is 9.53 Å². The number of rotatable bonds is 2. The second-order valence-corrected chi connectivity index (χ2v) is 3.93. The van der Waals surface area contributed by atoms with Gasteiger partial charge in [-0.1, -0.05) is 17.7 Å². The van der Waals surface area contributed by atoms with Crippen LogP contribution in [0.25, 0.3) is 11.0 Å². The number of hydrogen-bond donors (Lipinski definition) is 0. The summed E-state index contributed by atoms with van der Waals surface area (Å²) in [7, 11) is 0. The molecule has 0 bridgehead atoms. The average Bonchev–Trinajstić information content (AvgIpc) is 2.29. The second kappa shape index (κ2) is 4.67. The molecule has 0 atom stereocenters. The lowest BCUT2D eigenvalue weighted by Crippen LogP contribution is -2.09. The van der Waals surface area contributed by atoms with Gasteiger partial charge in [-0.3, -0.25) is 0 Å². The van der Waals surface area contributed by atoms with Crippen molar-refractivity contribution in [1.82, 2.24) is 9.97 Å². The molecule has 2 aromatic rings. The minimum Gasteiger partial charge on any atom is -0.461 e. The summed E-state index contributed by atoms with van der Waals surface area (Å²) in [5.74, 6) is -0.548. The Morgan fingerprint density at radius 1 is 1.35 bits per heavy atom. The molecular weight excluding hydrogens is 240 g/mol. The minimum absolute atomic E-state index is 0.0617. The first-order valence-corrected chi connectivity index (χ1v) is 5.60. The quantitative estimate of drug-likeness (QED) is 0.769. The molecular formula is C12H11ClN2O2. The Morgan fingerprint density at radius 2 is 2.12 bits per heavy atom. The van der Waals surface area contributed by atoms with E-state index in [0.717, 1.165) is 5.56 Å². The van der Waals surface area contributed by atoms with Gasteiger partial charge in [-0.2, -0.15) is 0 Å². The number of hydrogen-bond acceptors (Lipinski definition) is 4. The van der Waals surface area contributed by atoms with Gasteiger partial charge in [0, 0.05) is 0 Å². The van der Waals surface area contributed by atoms with Crippen LogP contribution in [0.3, 0.4) is 0 Å². The van der Waals surface area contributed by atoms with Crippen molar-refractivity contribution in [1.29, 1.82) is 0 Å². The predicted molar refractivity (Wildman–Crippen MR) is 65.2 cm³/mol. The molecule has 0 N–H and O–H groups in total. The molecule has 1 aromatic carbocycles. The Bertz CT molecular complexity index is 584. The molecule has 0 aliphatic carbocycles. The number of carbonyl (C=O) groups is 1. The first-order chi connectivity index (χ1) is 8.11. The molecule has 0 aliphatic rings. The maximum Gasteiger partial charge on any atom is 0.360 e. The number of carbonyl (C=O) groups excluding carboxylic acids is 1. The van der Waals surface area contributed by atoms with Crippen molar-refractivity contribution in [2.24, 2.45) is 0 Å². The Kier molecular flexibility index (Phi) is 3.24. The molecule has 0 amide bonds. The third-order valence-corrected chi connectivity index (χ3v) is 2.51. The summed E-state index contributed by atoms with van der Waals surface area (Å²) >= 11 is 5.90. The van der Waals surface area contributed by atoms with Gasteiger partial charge in [-0.15, -0.1) is 0 Å². The zero-order valence-corrected chi connectivity index (χ0v) is 10.3. The number of aryl methyl sites for hydroxylation is 1. The van der Waals surface area contributed by atoms with Crippen LogP contribution >= 0.6 is 11.6 Å². The van der Waals surface area contributed by atoms with Gasteiger partial charge in [0.15, 0.2) is 10.8 Å². The number of fused-ring (bicyclic) bond motifs is 1. The van der Waals surface area contributed by atoms with E-state index in [1.54, 1.807) is 6.92 Å². The van der Waals surface area contributed by atoms with Gasteiger partial charge in [0.05, 0.1) is 17.6 Å². The van der Waals surface area contributed by atoms with Crippen LogP contribution in [0, 0.1) is 6.92 Å². The van der Waals surface area contributed by atoms with E-state index in [1.807, 2.05) is 25.1 Å². The van der Waals surface area contributed by atoms with Crippen molar-refractivity contribution in [3.05, 3.63) is 34.6 Å². The molecule has 0 unspecified atom stereocenters. The molecule has 0 saturated carbocycles. The number of ether oxygens (including phenoxy) is 1. The lowest BCUT2D eigenvalue weighted by Gasteiger charge is -2.05. The van der Waals surface area contributed by atoms with Crippen LogP contribution in [-0.2, 0) is 4.74 Å². The maximum atomic E-state index is 11.6. The molecule has 17 heavy (non-hydrogen) atoms. The Hall–Kier alpha value is -1.68. The van der Waals surface area contributed by atoms with E-state index in [2.05, 4.69) is 9.97 Å². The van der Waals surface area contributed by atoms with Gasteiger partial charge in [0.25, 0.3) is 0 Å². The fraction of sp³-hybridized carbons (Fsp3) is 0.250. The summed E-state index contributed by atoms with van der Waals surface area (Å²) in [5, 5.41) is 0.0693. The third kappa shape index (κ3) is 2.36. The number of esters is 1. The summed E-state index contributed by atoms with van der Waals surface area (Å²) in [4.78, 5) is 19.9. The van der Waals surface area contributed by atoms with Gasteiger partial charge >= 0.3 is 5.97 Å².